The maximum Gasteiger partial charge on any atom is 0.340 e. The molecule has 5 rings (SSSR count). The predicted octanol–water partition coefficient (Wildman–Crippen LogP) is 5.52. The molecule has 186 valence electrons. The number of rotatable bonds is 7. The Bertz CT molecular complexity index is 1690. The molecule has 5 aromatic rings. The molecule has 37 heavy (non-hydrogen) atoms. The molecular weight excluding hydrogens is 494 g/mol. The lowest BCUT2D eigenvalue weighted by Crippen LogP contribution is -2.43. The van der Waals surface area contributed by atoms with Crippen LogP contribution in [0.3, 0.4) is 0 Å². The predicted molar refractivity (Wildman–Crippen MR) is 141 cm³/mol. The number of carbonyl (C=O) groups is 2. The van der Waals surface area contributed by atoms with E-state index in [0.717, 1.165) is 16.5 Å². The molecule has 0 fully saturated rings. The maximum atomic E-state index is 12.8. The van der Waals surface area contributed by atoms with Gasteiger partial charge in [0.25, 0.3) is 0 Å². The Hall–Kier alpha value is -4.36. The molecule has 0 aliphatic carbocycles. The standard InChI is InChI=1S/C29H22ClNO6/c1-16-20-12-22-23(18-5-3-2-4-6-18)15-36-25(22)14-26(20)37-29(35)21(16)13-27(32)31-24(28(33)34)11-17-7-9-19(30)10-8-17/h2-10,12,14-15,24H,11,13H2,1H3,(H,31,32)(H,33,34)/t24-/m1/s1. The summed E-state index contributed by atoms with van der Waals surface area (Å²) < 4.78 is 11.3. The van der Waals surface area contributed by atoms with E-state index in [1.54, 1.807) is 43.5 Å². The summed E-state index contributed by atoms with van der Waals surface area (Å²) in [6.45, 7) is 1.75. The molecule has 0 aliphatic rings. The number of carbonyl (C=O) groups excluding carboxylic acids is 1. The first-order valence-electron chi connectivity index (χ1n) is 11.6. The van der Waals surface area contributed by atoms with Crippen LogP contribution in [0, 0.1) is 6.92 Å². The van der Waals surface area contributed by atoms with E-state index in [2.05, 4.69) is 5.32 Å². The van der Waals surface area contributed by atoms with Gasteiger partial charge in [0.2, 0.25) is 5.91 Å². The van der Waals surface area contributed by atoms with Crippen LogP contribution >= 0.6 is 11.6 Å². The van der Waals surface area contributed by atoms with Gasteiger partial charge in [-0.05, 0) is 41.8 Å². The number of benzene rings is 3. The summed E-state index contributed by atoms with van der Waals surface area (Å²) >= 11 is 5.89. The fraction of sp³-hybridized carbons (Fsp3) is 0.138. The highest BCUT2D eigenvalue weighted by atomic mass is 35.5. The van der Waals surface area contributed by atoms with Gasteiger partial charge >= 0.3 is 11.6 Å². The molecule has 0 unspecified atom stereocenters. The SMILES string of the molecule is Cc1c(CC(=O)N[C@H](Cc2ccc(Cl)cc2)C(=O)O)c(=O)oc2cc3occ(-c4ccccc4)c3cc12. The second kappa shape index (κ2) is 9.95. The molecule has 1 atom stereocenters. The molecule has 2 N–H and O–H groups in total. The molecule has 2 heterocycles. The van der Waals surface area contributed by atoms with Crippen molar-refractivity contribution in [3.8, 4) is 11.1 Å². The van der Waals surface area contributed by atoms with Crippen molar-refractivity contribution in [2.45, 2.75) is 25.8 Å². The van der Waals surface area contributed by atoms with Crippen molar-refractivity contribution in [1.82, 2.24) is 5.32 Å². The fourth-order valence-corrected chi connectivity index (χ4v) is 4.54. The van der Waals surface area contributed by atoms with E-state index in [1.165, 1.54) is 0 Å². The van der Waals surface area contributed by atoms with Crippen molar-refractivity contribution < 1.29 is 23.5 Å². The third-order valence-electron chi connectivity index (χ3n) is 6.39. The molecule has 2 aromatic heterocycles. The number of hydrogen-bond donors (Lipinski definition) is 2. The zero-order valence-electron chi connectivity index (χ0n) is 19.8. The molecule has 0 aliphatic heterocycles. The Morgan fingerprint density at radius 1 is 1.00 bits per heavy atom. The molecule has 0 radical (unpaired) electrons. The normalized spacial score (nSPS) is 12.1. The summed E-state index contributed by atoms with van der Waals surface area (Å²) in [7, 11) is 0. The molecule has 3 aromatic carbocycles. The van der Waals surface area contributed by atoms with Crippen molar-refractivity contribution in [3.63, 3.8) is 0 Å². The van der Waals surface area contributed by atoms with Crippen LogP contribution in [-0.2, 0) is 22.4 Å². The number of furan rings is 1. The lowest BCUT2D eigenvalue weighted by molar-refractivity contribution is -0.141. The van der Waals surface area contributed by atoms with Crippen molar-refractivity contribution in [3.05, 3.63) is 105 Å². The van der Waals surface area contributed by atoms with Gasteiger partial charge < -0.3 is 19.3 Å². The van der Waals surface area contributed by atoms with Crippen LogP contribution in [-0.4, -0.2) is 23.0 Å². The zero-order chi connectivity index (χ0) is 26.1. The zero-order valence-corrected chi connectivity index (χ0v) is 20.5. The summed E-state index contributed by atoms with van der Waals surface area (Å²) in [6.07, 6.45) is 1.42. The van der Waals surface area contributed by atoms with Crippen molar-refractivity contribution in [2.24, 2.45) is 0 Å². The quantitative estimate of drug-likeness (QED) is 0.276. The highest BCUT2D eigenvalue weighted by Crippen LogP contribution is 2.34. The summed E-state index contributed by atoms with van der Waals surface area (Å²) in [5.74, 6) is -1.77. The summed E-state index contributed by atoms with van der Waals surface area (Å²) in [6, 6.07) is 18.9. The van der Waals surface area contributed by atoms with Gasteiger partial charge in [-0.15, -0.1) is 0 Å². The van der Waals surface area contributed by atoms with Crippen molar-refractivity contribution in [2.75, 3.05) is 0 Å². The molecule has 0 spiro atoms. The molecule has 0 saturated carbocycles. The average Bonchev–Trinajstić information content (AvgIpc) is 3.30. The second-order valence-corrected chi connectivity index (χ2v) is 9.26. The summed E-state index contributed by atoms with van der Waals surface area (Å²) in [5.41, 5.74) is 3.61. The fourth-order valence-electron chi connectivity index (χ4n) is 4.42. The Labute approximate surface area is 216 Å². The van der Waals surface area contributed by atoms with Crippen molar-refractivity contribution in [1.29, 1.82) is 0 Å². The Kier molecular flexibility index (Phi) is 6.54. The van der Waals surface area contributed by atoms with E-state index in [0.29, 0.717) is 32.7 Å². The number of amides is 1. The minimum absolute atomic E-state index is 0.0737. The van der Waals surface area contributed by atoms with Gasteiger partial charge in [-0.25, -0.2) is 9.59 Å². The van der Waals surface area contributed by atoms with Crippen LogP contribution in [0.4, 0.5) is 0 Å². The average molecular weight is 516 g/mol. The summed E-state index contributed by atoms with van der Waals surface area (Å²) in [4.78, 5) is 37.4. The van der Waals surface area contributed by atoms with Gasteiger partial charge in [0.1, 0.15) is 17.2 Å². The smallest absolute Gasteiger partial charge is 0.340 e. The number of hydrogen-bond acceptors (Lipinski definition) is 5. The third kappa shape index (κ3) is 4.99. The number of fused-ring (bicyclic) bond motifs is 2. The van der Waals surface area contributed by atoms with Crippen molar-refractivity contribution >= 4 is 45.4 Å². The van der Waals surface area contributed by atoms with E-state index in [-0.39, 0.29) is 18.4 Å². The van der Waals surface area contributed by atoms with Crippen LogP contribution < -0.4 is 10.9 Å². The van der Waals surface area contributed by atoms with Crippen LogP contribution in [0.1, 0.15) is 16.7 Å². The van der Waals surface area contributed by atoms with E-state index >= 15 is 0 Å². The lowest BCUT2D eigenvalue weighted by Gasteiger charge is -2.15. The Morgan fingerprint density at radius 3 is 2.43 bits per heavy atom. The highest BCUT2D eigenvalue weighted by molar-refractivity contribution is 6.30. The van der Waals surface area contributed by atoms with Gasteiger partial charge in [-0.1, -0.05) is 54.1 Å². The van der Waals surface area contributed by atoms with E-state index in [1.807, 2.05) is 36.4 Å². The molecule has 1 amide bonds. The molecule has 7 nitrogen and oxygen atoms in total. The van der Waals surface area contributed by atoms with Crippen LogP contribution in [0.15, 0.2) is 86.6 Å². The number of aryl methyl sites for hydroxylation is 1. The first-order valence-corrected chi connectivity index (χ1v) is 12.0. The van der Waals surface area contributed by atoms with E-state index < -0.39 is 23.5 Å². The van der Waals surface area contributed by atoms with Crippen LogP contribution in [0.2, 0.25) is 5.02 Å². The summed E-state index contributed by atoms with van der Waals surface area (Å²) in [5, 5.41) is 14.2. The van der Waals surface area contributed by atoms with Crippen LogP contribution in [0.25, 0.3) is 33.1 Å². The maximum absolute atomic E-state index is 12.8. The Balaban J connectivity index is 1.45. The van der Waals surface area contributed by atoms with E-state index in [9.17, 15) is 19.5 Å². The number of carboxylic acid groups (broad SMARTS) is 1. The molecule has 0 saturated heterocycles. The topological polar surface area (TPSA) is 110 Å². The van der Waals surface area contributed by atoms with Gasteiger partial charge in [0.15, 0.2) is 0 Å². The highest BCUT2D eigenvalue weighted by Gasteiger charge is 2.23. The van der Waals surface area contributed by atoms with Gasteiger partial charge in [0.05, 0.1) is 18.2 Å². The molecule has 0 bridgehead atoms. The van der Waals surface area contributed by atoms with Gasteiger partial charge in [0, 0.05) is 33.8 Å². The lowest BCUT2D eigenvalue weighted by atomic mass is 9.99. The van der Waals surface area contributed by atoms with E-state index in [4.69, 9.17) is 20.4 Å². The molecule has 8 heteroatoms. The number of carboxylic acids is 1. The minimum Gasteiger partial charge on any atom is -0.480 e. The number of nitrogens with one attached hydrogen (secondary N) is 1. The van der Waals surface area contributed by atoms with Crippen LogP contribution in [0.5, 0.6) is 0 Å². The first-order chi connectivity index (χ1) is 17.8. The number of aliphatic carboxylic acids is 1. The largest absolute Gasteiger partial charge is 0.480 e. The number of halogens is 1. The third-order valence-corrected chi connectivity index (χ3v) is 6.64. The Morgan fingerprint density at radius 2 is 1.73 bits per heavy atom. The van der Waals surface area contributed by atoms with Gasteiger partial charge in [-0.3, -0.25) is 4.79 Å². The first kappa shape index (κ1) is 24.3. The second-order valence-electron chi connectivity index (χ2n) is 8.82. The minimum atomic E-state index is -1.18. The van der Waals surface area contributed by atoms with Gasteiger partial charge in [-0.2, -0.15) is 0 Å². The monoisotopic (exact) mass is 515 g/mol. The molecular formula is C29H22ClNO6.